The Kier molecular flexibility index (Phi) is 4.70. The van der Waals surface area contributed by atoms with Gasteiger partial charge in [0.2, 0.25) is 0 Å². The first kappa shape index (κ1) is 18.8. The molecule has 150 valence electrons. The average molecular weight is 405 g/mol. The van der Waals surface area contributed by atoms with Gasteiger partial charge in [-0.25, -0.2) is 14.1 Å². The van der Waals surface area contributed by atoms with E-state index in [2.05, 4.69) is 73.4 Å². The van der Waals surface area contributed by atoms with E-state index in [1.165, 1.54) is 75.3 Å². The molecule has 0 radical (unpaired) electrons. The fourth-order valence-corrected chi connectivity index (χ4v) is 5.96. The molecule has 1 aliphatic carbocycles. The Balaban J connectivity index is 1.86. The second-order valence-corrected chi connectivity index (χ2v) is 9.91. The van der Waals surface area contributed by atoms with Crippen molar-refractivity contribution in [2.75, 3.05) is 0 Å². The molecule has 1 saturated carbocycles. The molecule has 3 nitrogen and oxygen atoms in total. The van der Waals surface area contributed by atoms with Crippen LogP contribution in [0.5, 0.6) is 0 Å². The SMILES string of the molecule is Cc1ccc2sc(C(C)C)nc2c1-c1n(C2CCCCC2)c2ccccc2[n+]1C. The minimum Gasteiger partial charge on any atom is -0.240 e. The maximum atomic E-state index is 5.14. The highest BCUT2D eigenvalue weighted by atomic mass is 32.1. The zero-order valence-corrected chi connectivity index (χ0v) is 18.7. The third kappa shape index (κ3) is 3.00. The third-order valence-corrected chi connectivity index (χ3v) is 7.81. The first-order valence-corrected chi connectivity index (χ1v) is 11.8. The van der Waals surface area contributed by atoms with Gasteiger partial charge in [0.15, 0.2) is 11.0 Å². The molecule has 0 unspecified atom stereocenters. The summed E-state index contributed by atoms with van der Waals surface area (Å²) in [4.78, 5) is 5.14. The highest BCUT2D eigenvalue weighted by molar-refractivity contribution is 7.18. The number of fused-ring (bicyclic) bond motifs is 2. The topological polar surface area (TPSA) is 21.7 Å². The number of thiazole rings is 1. The summed E-state index contributed by atoms with van der Waals surface area (Å²) >= 11 is 1.85. The summed E-state index contributed by atoms with van der Waals surface area (Å²) in [5.74, 6) is 1.78. The molecular formula is C25H30N3S+. The van der Waals surface area contributed by atoms with Gasteiger partial charge >= 0.3 is 0 Å². The predicted molar refractivity (Wildman–Crippen MR) is 123 cm³/mol. The van der Waals surface area contributed by atoms with Crippen molar-refractivity contribution in [3.63, 3.8) is 0 Å². The lowest BCUT2D eigenvalue weighted by atomic mass is 9.94. The van der Waals surface area contributed by atoms with Crippen molar-refractivity contribution < 1.29 is 4.57 Å². The van der Waals surface area contributed by atoms with Crippen molar-refractivity contribution in [2.24, 2.45) is 7.05 Å². The molecule has 0 aliphatic heterocycles. The van der Waals surface area contributed by atoms with Gasteiger partial charge in [-0.15, -0.1) is 11.3 Å². The predicted octanol–water partition coefficient (Wildman–Crippen LogP) is 6.68. The number of hydrogen-bond donors (Lipinski definition) is 0. The number of aromatic nitrogens is 3. The Hall–Kier alpha value is -2.20. The van der Waals surface area contributed by atoms with E-state index in [9.17, 15) is 0 Å². The molecule has 1 fully saturated rings. The maximum absolute atomic E-state index is 5.14. The molecule has 4 heteroatoms. The molecule has 29 heavy (non-hydrogen) atoms. The molecule has 2 aromatic heterocycles. The number of aryl methyl sites for hydroxylation is 2. The zero-order valence-electron chi connectivity index (χ0n) is 17.9. The molecular weight excluding hydrogens is 374 g/mol. The highest BCUT2D eigenvalue weighted by Crippen LogP contribution is 2.40. The Bertz CT molecular complexity index is 1190. The number of hydrogen-bond acceptors (Lipinski definition) is 2. The summed E-state index contributed by atoms with van der Waals surface area (Å²) < 4.78 is 6.35. The summed E-state index contributed by atoms with van der Waals surface area (Å²) in [5, 5.41) is 1.23. The summed E-state index contributed by atoms with van der Waals surface area (Å²) in [6.07, 6.45) is 6.58. The van der Waals surface area contributed by atoms with Gasteiger partial charge in [-0.1, -0.05) is 38.5 Å². The normalized spacial score (nSPS) is 15.8. The van der Waals surface area contributed by atoms with Crippen LogP contribution in [0.2, 0.25) is 0 Å². The number of para-hydroxylation sites is 2. The highest BCUT2D eigenvalue weighted by Gasteiger charge is 2.33. The van der Waals surface area contributed by atoms with E-state index in [1.54, 1.807) is 0 Å². The molecule has 0 amide bonds. The fourth-order valence-electron chi connectivity index (χ4n) is 4.98. The molecule has 4 aromatic rings. The van der Waals surface area contributed by atoms with Crippen LogP contribution in [0.15, 0.2) is 36.4 Å². The standard InChI is InChI=1S/C25H30N3S/c1-16(2)24-26-23-21(29-24)15-14-17(3)22(23)25-27(4)19-12-8-9-13-20(19)28(25)18-10-6-5-7-11-18/h8-9,12-16,18H,5-7,10-11H2,1-4H3/q+1. The van der Waals surface area contributed by atoms with Gasteiger partial charge in [-0.05, 0) is 56.4 Å². The second kappa shape index (κ2) is 7.24. The zero-order chi connectivity index (χ0) is 20.1. The molecule has 0 bridgehead atoms. The van der Waals surface area contributed by atoms with Crippen LogP contribution in [0, 0.1) is 6.92 Å². The fraction of sp³-hybridized carbons (Fsp3) is 0.440. The molecule has 0 saturated heterocycles. The van der Waals surface area contributed by atoms with E-state index in [1.807, 2.05) is 11.3 Å². The third-order valence-electron chi connectivity index (χ3n) is 6.49. The molecule has 0 spiro atoms. The van der Waals surface area contributed by atoms with E-state index >= 15 is 0 Å². The van der Waals surface area contributed by atoms with E-state index in [0.29, 0.717) is 12.0 Å². The minimum absolute atomic E-state index is 0.457. The number of rotatable bonds is 3. The molecule has 0 atom stereocenters. The van der Waals surface area contributed by atoms with Gasteiger partial charge < -0.3 is 0 Å². The lowest BCUT2D eigenvalue weighted by Crippen LogP contribution is -2.31. The van der Waals surface area contributed by atoms with Crippen molar-refractivity contribution in [3.05, 3.63) is 47.0 Å². The van der Waals surface area contributed by atoms with Gasteiger partial charge in [0, 0.05) is 5.92 Å². The van der Waals surface area contributed by atoms with Crippen molar-refractivity contribution in [2.45, 2.75) is 64.8 Å². The molecule has 2 heterocycles. The molecule has 2 aromatic carbocycles. The largest absolute Gasteiger partial charge is 0.292 e. The number of nitrogens with zero attached hydrogens (tertiary/aromatic N) is 3. The van der Waals surface area contributed by atoms with Crippen LogP contribution in [0.1, 0.15) is 68.5 Å². The lowest BCUT2D eigenvalue weighted by Gasteiger charge is -2.21. The van der Waals surface area contributed by atoms with Gasteiger partial charge in [0.25, 0.3) is 5.82 Å². The Morgan fingerprint density at radius 2 is 1.83 bits per heavy atom. The van der Waals surface area contributed by atoms with Crippen molar-refractivity contribution in [3.8, 4) is 11.4 Å². The van der Waals surface area contributed by atoms with E-state index in [0.717, 1.165) is 0 Å². The Labute approximate surface area is 177 Å². The summed E-state index contributed by atoms with van der Waals surface area (Å²) in [6.45, 7) is 6.72. The van der Waals surface area contributed by atoms with Crippen LogP contribution in [0.4, 0.5) is 0 Å². The minimum atomic E-state index is 0.457. The van der Waals surface area contributed by atoms with Crippen molar-refractivity contribution in [1.82, 2.24) is 9.55 Å². The van der Waals surface area contributed by atoms with E-state index in [-0.39, 0.29) is 0 Å². The van der Waals surface area contributed by atoms with Crippen LogP contribution in [-0.4, -0.2) is 9.55 Å². The van der Waals surface area contributed by atoms with Gasteiger partial charge in [0.05, 0.1) is 27.8 Å². The average Bonchev–Trinajstić information content (AvgIpc) is 3.29. The number of benzene rings is 2. The summed E-state index contributed by atoms with van der Waals surface area (Å²) in [5.41, 5.74) is 6.47. The van der Waals surface area contributed by atoms with Gasteiger partial charge in [0.1, 0.15) is 6.04 Å². The first-order valence-electron chi connectivity index (χ1n) is 11.0. The van der Waals surface area contributed by atoms with E-state index in [4.69, 9.17) is 4.98 Å². The maximum Gasteiger partial charge on any atom is 0.292 e. The van der Waals surface area contributed by atoms with Gasteiger partial charge in [-0.2, -0.15) is 0 Å². The van der Waals surface area contributed by atoms with Crippen molar-refractivity contribution >= 4 is 32.6 Å². The second-order valence-electron chi connectivity index (χ2n) is 8.84. The summed E-state index contributed by atoms with van der Waals surface area (Å²) in [6, 6.07) is 14.0. The van der Waals surface area contributed by atoms with Gasteiger partial charge in [-0.3, -0.25) is 0 Å². The molecule has 5 rings (SSSR count). The van der Waals surface area contributed by atoms with Crippen molar-refractivity contribution in [1.29, 1.82) is 0 Å². The quantitative estimate of drug-likeness (QED) is 0.349. The van der Waals surface area contributed by atoms with Crippen LogP contribution >= 0.6 is 11.3 Å². The lowest BCUT2D eigenvalue weighted by molar-refractivity contribution is -0.634. The van der Waals surface area contributed by atoms with Crippen LogP contribution in [-0.2, 0) is 7.05 Å². The smallest absolute Gasteiger partial charge is 0.240 e. The summed E-state index contributed by atoms with van der Waals surface area (Å²) in [7, 11) is 2.23. The van der Waals surface area contributed by atoms with E-state index < -0.39 is 0 Å². The Morgan fingerprint density at radius 1 is 1.07 bits per heavy atom. The first-order chi connectivity index (χ1) is 14.1. The monoisotopic (exact) mass is 404 g/mol. The Morgan fingerprint density at radius 3 is 2.59 bits per heavy atom. The molecule has 1 aliphatic rings. The van der Waals surface area contributed by atoms with Crippen LogP contribution in [0.3, 0.4) is 0 Å². The van der Waals surface area contributed by atoms with Crippen LogP contribution < -0.4 is 4.57 Å². The number of imidazole rings is 1. The van der Waals surface area contributed by atoms with Crippen LogP contribution in [0.25, 0.3) is 32.6 Å². The molecule has 0 N–H and O–H groups in total.